The highest BCUT2D eigenvalue weighted by Gasteiger charge is 2.21. The number of carboxylic acid groups (broad SMARTS) is 1. The minimum atomic E-state index is -1.03. The molecule has 0 aliphatic carbocycles. The van der Waals surface area contributed by atoms with Gasteiger partial charge in [-0.3, -0.25) is 0 Å². The number of nitrogens with one attached hydrogen (secondary N) is 1. The van der Waals surface area contributed by atoms with E-state index in [4.69, 9.17) is 18.9 Å². The molecule has 3 heterocycles. The van der Waals surface area contributed by atoms with Crippen LogP contribution in [0.15, 0.2) is 30.6 Å². The van der Waals surface area contributed by atoms with Gasteiger partial charge in [-0.1, -0.05) is 0 Å². The van der Waals surface area contributed by atoms with Gasteiger partial charge in [-0.15, -0.1) is 11.3 Å². The maximum atomic E-state index is 11.5. The number of thiophene rings is 1. The zero-order chi connectivity index (χ0) is 21.8. The topological polar surface area (TPSA) is 112 Å². The molecule has 0 fully saturated rings. The number of carboxylic acids is 1. The molecule has 1 aliphatic rings. The number of rotatable bonds is 9. The summed E-state index contributed by atoms with van der Waals surface area (Å²) in [7, 11) is 1.62. The third kappa shape index (κ3) is 4.33. The number of anilines is 1. The zero-order valence-corrected chi connectivity index (χ0v) is 17.8. The molecule has 2 aromatic heterocycles. The van der Waals surface area contributed by atoms with Crippen molar-refractivity contribution < 1.29 is 28.8 Å². The molecule has 2 N–H and O–H groups in total. The number of hydrogen-bond acceptors (Lipinski definition) is 9. The highest BCUT2D eigenvalue weighted by Crippen LogP contribution is 2.41. The first kappa shape index (κ1) is 20.7. The molecule has 162 valence electrons. The molecule has 10 heteroatoms. The highest BCUT2D eigenvalue weighted by atomic mass is 32.1. The number of nitrogens with zero attached hydrogens (tertiary/aromatic N) is 2. The highest BCUT2D eigenvalue weighted by molar-refractivity contribution is 7.17. The molecule has 0 atom stereocenters. The van der Waals surface area contributed by atoms with E-state index < -0.39 is 5.97 Å². The van der Waals surface area contributed by atoms with Crippen molar-refractivity contribution in [2.45, 2.75) is 13.3 Å². The lowest BCUT2D eigenvalue weighted by molar-refractivity contribution is 0.0698. The largest absolute Gasteiger partial charge is 0.496 e. The molecule has 0 unspecified atom stereocenters. The second-order valence-electron chi connectivity index (χ2n) is 6.49. The molecule has 0 bridgehead atoms. The molecule has 1 aliphatic heterocycles. The van der Waals surface area contributed by atoms with Crippen molar-refractivity contribution in [3.05, 3.63) is 41.0 Å². The van der Waals surface area contributed by atoms with Crippen LogP contribution in [0, 0.1) is 0 Å². The Morgan fingerprint density at radius 1 is 1.26 bits per heavy atom. The van der Waals surface area contributed by atoms with Gasteiger partial charge in [0.25, 0.3) is 0 Å². The Balaban J connectivity index is 1.49. The summed E-state index contributed by atoms with van der Waals surface area (Å²) < 4.78 is 21.9. The van der Waals surface area contributed by atoms with Crippen molar-refractivity contribution >= 4 is 23.1 Å². The van der Waals surface area contributed by atoms with Crippen LogP contribution < -0.4 is 24.3 Å². The number of methoxy groups -OCH3 is 1. The van der Waals surface area contributed by atoms with Gasteiger partial charge in [-0.25, -0.2) is 14.8 Å². The number of benzene rings is 1. The summed E-state index contributed by atoms with van der Waals surface area (Å²) >= 11 is 1.12. The average molecular weight is 443 g/mol. The molecule has 4 rings (SSSR count). The Labute approximate surface area is 182 Å². The Morgan fingerprint density at radius 2 is 2.13 bits per heavy atom. The van der Waals surface area contributed by atoms with Crippen LogP contribution in [0.2, 0.25) is 0 Å². The first-order valence-corrected chi connectivity index (χ1v) is 10.4. The molecule has 0 spiro atoms. The molecule has 0 amide bonds. The fourth-order valence-corrected chi connectivity index (χ4v) is 4.16. The summed E-state index contributed by atoms with van der Waals surface area (Å²) in [4.78, 5) is 20.9. The number of carbonyl (C=O) groups is 1. The van der Waals surface area contributed by atoms with Gasteiger partial charge >= 0.3 is 5.97 Å². The van der Waals surface area contributed by atoms with Crippen LogP contribution in [0.5, 0.6) is 23.0 Å². The predicted molar refractivity (Wildman–Crippen MR) is 115 cm³/mol. The van der Waals surface area contributed by atoms with Crippen molar-refractivity contribution in [1.29, 1.82) is 0 Å². The van der Waals surface area contributed by atoms with Crippen LogP contribution in [0.3, 0.4) is 0 Å². The van der Waals surface area contributed by atoms with Crippen molar-refractivity contribution in [3.8, 4) is 33.6 Å². The third-order valence-electron chi connectivity index (χ3n) is 4.61. The second kappa shape index (κ2) is 9.09. The van der Waals surface area contributed by atoms with E-state index in [9.17, 15) is 9.90 Å². The first-order chi connectivity index (χ1) is 15.1. The normalized spacial score (nSPS) is 11.9. The van der Waals surface area contributed by atoms with Gasteiger partial charge in [-0.05, 0) is 25.5 Å². The molecule has 1 aromatic carbocycles. The lowest BCUT2D eigenvalue weighted by Gasteiger charge is -2.12. The number of aromatic carboxylic acids is 1. The van der Waals surface area contributed by atoms with Gasteiger partial charge in [0.2, 0.25) is 6.79 Å². The van der Waals surface area contributed by atoms with Crippen molar-refractivity contribution in [2.24, 2.45) is 0 Å². The molecule has 0 saturated carbocycles. The molecular weight excluding hydrogens is 422 g/mol. The monoisotopic (exact) mass is 443 g/mol. The van der Waals surface area contributed by atoms with E-state index >= 15 is 0 Å². The molecule has 0 saturated heterocycles. The summed E-state index contributed by atoms with van der Waals surface area (Å²) in [6, 6.07) is 7.16. The van der Waals surface area contributed by atoms with E-state index in [0.29, 0.717) is 53.2 Å². The van der Waals surface area contributed by atoms with E-state index in [2.05, 4.69) is 15.3 Å². The van der Waals surface area contributed by atoms with E-state index in [1.54, 1.807) is 19.2 Å². The molecule has 0 radical (unpaired) electrons. The third-order valence-corrected chi connectivity index (χ3v) is 5.74. The van der Waals surface area contributed by atoms with Crippen molar-refractivity contribution in [3.63, 3.8) is 0 Å². The van der Waals surface area contributed by atoms with Crippen LogP contribution in [0.4, 0.5) is 5.82 Å². The van der Waals surface area contributed by atoms with Crippen LogP contribution in [-0.4, -0.2) is 48.1 Å². The predicted octanol–water partition coefficient (Wildman–Crippen LogP) is 3.69. The van der Waals surface area contributed by atoms with Gasteiger partial charge in [-0.2, -0.15) is 0 Å². The van der Waals surface area contributed by atoms with E-state index in [1.807, 2.05) is 19.1 Å². The fourth-order valence-electron chi connectivity index (χ4n) is 3.26. The minimum absolute atomic E-state index is 0.150. The maximum Gasteiger partial charge on any atom is 0.349 e. The standard InChI is InChI=1S/C21H21N3O6S/c1-3-28-16-9-17(31-20(16)21(25)26)13-8-18(24-10-23-13)22-7-6-12-14(27-2)4-5-15-19(12)30-11-29-15/h4-5,8-10H,3,6-7,11H2,1-2H3,(H,25,26)(H,22,23,24). The number of fused-ring (bicyclic) bond motifs is 1. The van der Waals surface area contributed by atoms with E-state index in [-0.39, 0.29) is 11.7 Å². The quantitative estimate of drug-likeness (QED) is 0.511. The molecule has 3 aromatic rings. The summed E-state index contributed by atoms with van der Waals surface area (Å²) in [5.41, 5.74) is 1.54. The van der Waals surface area contributed by atoms with E-state index in [1.165, 1.54) is 6.33 Å². The fraction of sp³-hybridized carbons (Fsp3) is 0.286. The van der Waals surface area contributed by atoms with Crippen molar-refractivity contribution in [1.82, 2.24) is 9.97 Å². The number of aromatic nitrogens is 2. The maximum absolute atomic E-state index is 11.5. The number of ether oxygens (including phenoxy) is 4. The lowest BCUT2D eigenvalue weighted by atomic mass is 10.1. The van der Waals surface area contributed by atoms with Gasteiger partial charge in [0.15, 0.2) is 16.4 Å². The summed E-state index contributed by atoms with van der Waals surface area (Å²) in [6.07, 6.45) is 2.07. The van der Waals surface area contributed by atoms with Gasteiger partial charge in [0.05, 0.1) is 24.3 Å². The number of hydrogen-bond donors (Lipinski definition) is 2. The van der Waals surface area contributed by atoms with Crippen LogP contribution >= 0.6 is 11.3 Å². The summed E-state index contributed by atoms with van der Waals surface area (Å²) in [5, 5.41) is 12.7. The Bertz CT molecular complexity index is 1100. The zero-order valence-electron chi connectivity index (χ0n) is 17.0. The smallest absolute Gasteiger partial charge is 0.349 e. The van der Waals surface area contributed by atoms with Gasteiger partial charge in [0.1, 0.15) is 23.6 Å². The second-order valence-corrected chi connectivity index (χ2v) is 7.54. The first-order valence-electron chi connectivity index (χ1n) is 9.62. The molecule has 31 heavy (non-hydrogen) atoms. The Kier molecular flexibility index (Phi) is 6.08. The minimum Gasteiger partial charge on any atom is -0.496 e. The SMILES string of the molecule is CCOc1cc(-c2cc(NCCc3c(OC)ccc4c3OCO4)ncn2)sc1C(=O)O. The molecule has 9 nitrogen and oxygen atoms in total. The van der Waals surface area contributed by atoms with Crippen LogP contribution in [-0.2, 0) is 6.42 Å². The summed E-state index contributed by atoms with van der Waals surface area (Å²) in [6.45, 7) is 2.96. The average Bonchev–Trinajstić information content (AvgIpc) is 3.42. The van der Waals surface area contributed by atoms with Crippen LogP contribution in [0.1, 0.15) is 22.2 Å². The van der Waals surface area contributed by atoms with Crippen molar-refractivity contribution in [2.75, 3.05) is 32.4 Å². The van der Waals surface area contributed by atoms with Gasteiger partial charge < -0.3 is 29.4 Å². The summed E-state index contributed by atoms with van der Waals surface area (Å²) in [5.74, 6) is 2.08. The Hall–Kier alpha value is -3.53. The molecular formula is C21H21N3O6S. The van der Waals surface area contributed by atoms with E-state index in [0.717, 1.165) is 22.6 Å². The Morgan fingerprint density at radius 3 is 2.90 bits per heavy atom. The lowest BCUT2D eigenvalue weighted by Crippen LogP contribution is -2.08. The van der Waals surface area contributed by atoms with Crippen LogP contribution in [0.25, 0.3) is 10.6 Å². The van der Waals surface area contributed by atoms with Gasteiger partial charge in [0, 0.05) is 24.2 Å².